The number of benzene rings is 1. The van der Waals surface area contributed by atoms with Crippen LogP contribution in [0.2, 0.25) is 37.8 Å². The Morgan fingerprint density at radius 1 is 1.06 bits per heavy atom. The summed E-state index contributed by atoms with van der Waals surface area (Å²) in [6, 6.07) is 9.67. The van der Waals surface area contributed by atoms with Crippen LogP contribution in [0.25, 0.3) is 0 Å². The molecule has 2 N–H and O–H groups in total. The van der Waals surface area contributed by atoms with E-state index in [0.717, 1.165) is 5.56 Å². The van der Waals surface area contributed by atoms with E-state index >= 15 is 0 Å². The van der Waals surface area contributed by atoms with Gasteiger partial charge in [0.25, 0.3) is 0 Å². The van der Waals surface area contributed by atoms with Crippen LogP contribution in [0, 0.1) is 0 Å². The van der Waals surface area contributed by atoms with Crippen molar-refractivity contribution in [3.63, 3.8) is 0 Å². The lowest BCUT2D eigenvalue weighted by molar-refractivity contribution is -0.303. The number of aliphatic hydroxyl groups is 2. The summed E-state index contributed by atoms with van der Waals surface area (Å²) in [5, 5.41) is 23.5. The maximum absolute atomic E-state index is 12.9. The first-order chi connectivity index (χ1) is 16.1. The quantitative estimate of drug-likeness (QED) is 0.307. The van der Waals surface area contributed by atoms with Crippen molar-refractivity contribution >= 4 is 22.5 Å². The Morgan fingerprint density at radius 3 is 2.20 bits per heavy atom. The summed E-state index contributed by atoms with van der Waals surface area (Å²) in [6.45, 7) is 16.5. The number of hydroxylamine groups is 2. The zero-order valence-electron chi connectivity index (χ0n) is 22.2. The van der Waals surface area contributed by atoms with Crippen molar-refractivity contribution in [3.8, 4) is 0 Å². The molecule has 0 aromatic heterocycles. The Bertz CT molecular complexity index is 947. The van der Waals surface area contributed by atoms with Gasteiger partial charge in [0.1, 0.15) is 42.2 Å². The van der Waals surface area contributed by atoms with Gasteiger partial charge >= 0.3 is 0 Å². The van der Waals surface area contributed by atoms with Crippen LogP contribution in [0.4, 0.5) is 0 Å². The molecule has 0 unspecified atom stereocenters. The number of ether oxygens (including phenoxy) is 1. The van der Waals surface area contributed by atoms with Crippen LogP contribution in [-0.4, -0.2) is 80.0 Å². The van der Waals surface area contributed by atoms with Gasteiger partial charge in [-0.25, -0.2) is 5.06 Å². The number of hydrogen-bond acceptors (Lipinski definition) is 7. The van der Waals surface area contributed by atoms with Gasteiger partial charge in [-0.2, -0.15) is 0 Å². The molecule has 3 aliphatic rings. The van der Waals surface area contributed by atoms with E-state index in [9.17, 15) is 15.0 Å². The van der Waals surface area contributed by atoms with Gasteiger partial charge in [-0.1, -0.05) is 51.1 Å². The third-order valence-corrected chi connectivity index (χ3v) is 13.4. The number of amides is 1. The molecule has 8 nitrogen and oxygen atoms in total. The van der Waals surface area contributed by atoms with E-state index in [1.54, 1.807) is 0 Å². The second kappa shape index (κ2) is 8.73. The Hall–Kier alpha value is -1.12. The number of carbonyl (C=O) groups excluding carboxylic acids is 1. The zero-order valence-corrected chi connectivity index (χ0v) is 24.2. The van der Waals surface area contributed by atoms with Gasteiger partial charge in [-0.3, -0.25) is 9.63 Å². The van der Waals surface area contributed by atoms with Crippen LogP contribution in [0.5, 0.6) is 0 Å². The van der Waals surface area contributed by atoms with Crippen LogP contribution < -0.4 is 0 Å². The lowest BCUT2D eigenvalue weighted by atomic mass is 9.65. The third-order valence-electron chi connectivity index (χ3n) is 7.94. The van der Waals surface area contributed by atoms with Crippen molar-refractivity contribution in [3.05, 3.63) is 35.9 Å². The minimum absolute atomic E-state index is 0.138. The Labute approximate surface area is 210 Å². The number of fused-ring (bicyclic) bond motifs is 2. The lowest BCUT2D eigenvalue weighted by Crippen LogP contribution is -2.82. The van der Waals surface area contributed by atoms with Gasteiger partial charge in [-0.05, 0) is 43.3 Å². The van der Waals surface area contributed by atoms with Gasteiger partial charge in [-0.15, -0.1) is 0 Å². The number of rotatable bonds is 8. The molecule has 2 aliphatic heterocycles. The van der Waals surface area contributed by atoms with Crippen molar-refractivity contribution < 1.29 is 33.4 Å². The molecular formula is C25H41NO7Si2. The van der Waals surface area contributed by atoms with Crippen molar-refractivity contribution in [2.75, 3.05) is 6.61 Å². The van der Waals surface area contributed by atoms with Gasteiger partial charge in [0.15, 0.2) is 16.6 Å². The largest absolute Gasteiger partial charge is 0.409 e. The molecule has 1 aliphatic carbocycles. The summed E-state index contributed by atoms with van der Waals surface area (Å²) in [5.74, 6) is -0.153. The Kier molecular flexibility index (Phi) is 6.72. The molecule has 2 heterocycles. The van der Waals surface area contributed by atoms with E-state index in [1.807, 2.05) is 30.3 Å². The minimum Gasteiger partial charge on any atom is -0.409 e. The summed E-state index contributed by atoms with van der Waals surface area (Å²) in [7, 11) is -4.63. The van der Waals surface area contributed by atoms with Crippen molar-refractivity contribution in [1.29, 1.82) is 0 Å². The molecule has 4 rings (SSSR count). The second-order valence-electron chi connectivity index (χ2n) is 12.7. The SMILES string of the molecule is CC(C)(C)[Si](C)(C)O[C@H]1[C@@H](O[Si](C)(C)C)[C@@]2(CC(=O)N2OCc2ccccc2)[C@@H]2O[C@@H]2[C@@]1(O)CO. The predicted octanol–water partition coefficient (Wildman–Crippen LogP) is 3.20. The fraction of sp³-hybridized carbons (Fsp3) is 0.720. The van der Waals surface area contributed by atoms with Gasteiger partial charge in [0.2, 0.25) is 5.91 Å². The topological polar surface area (TPSA) is 101 Å². The van der Waals surface area contributed by atoms with Crippen LogP contribution in [-0.2, 0) is 29.8 Å². The number of aliphatic hydroxyl groups excluding tert-OH is 1. The number of nitrogens with zero attached hydrogens (tertiary/aromatic N) is 1. The molecule has 0 radical (unpaired) electrons. The summed E-state index contributed by atoms with van der Waals surface area (Å²) in [4.78, 5) is 19.0. The molecule has 1 spiro atoms. The maximum atomic E-state index is 12.9. The summed E-state index contributed by atoms with van der Waals surface area (Å²) in [5.41, 5.74) is -1.62. The minimum atomic E-state index is -2.42. The molecule has 10 heteroatoms. The fourth-order valence-electron chi connectivity index (χ4n) is 4.97. The average molecular weight is 524 g/mol. The van der Waals surface area contributed by atoms with E-state index in [4.69, 9.17) is 18.4 Å². The molecule has 1 amide bonds. The number of epoxide rings is 1. The monoisotopic (exact) mass is 523 g/mol. The van der Waals surface area contributed by atoms with Crippen LogP contribution >= 0.6 is 0 Å². The fourth-order valence-corrected chi connectivity index (χ4v) is 7.37. The van der Waals surface area contributed by atoms with E-state index < -0.39 is 58.8 Å². The highest BCUT2D eigenvalue weighted by Gasteiger charge is 2.81. The first kappa shape index (κ1) is 26.9. The van der Waals surface area contributed by atoms with Crippen molar-refractivity contribution in [2.24, 2.45) is 0 Å². The summed E-state index contributed by atoms with van der Waals surface area (Å²) < 4.78 is 19.6. The molecule has 35 heavy (non-hydrogen) atoms. The molecule has 1 saturated carbocycles. The highest BCUT2D eigenvalue weighted by Crippen LogP contribution is 2.59. The average Bonchev–Trinajstić information content (AvgIpc) is 3.54. The lowest BCUT2D eigenvalue weighted by Gasteiger charge is -2.60. The molecule has 3 fully saturated rings. The van der Waals surface area contributed by atoms with Crippen LogP contribution in [0.3, 0.4) is 0 Å². The summed E-state index contributed by atoms with van der Waals surface area (Å²) in [6.07, 6.45) is -2.58. The predicted molar refractivity (Wildman–Crippen MR) is 136 cm³/mol. The molecule has 1 aromatic rings. The maximum Gasteiger partial charge on any atom is 0.249 e. The Morgan fingerprint density at radius 2 is 1.69 bits per heavy atom. The first-order valence-electron chi connectivity index (χ1n) is 12.4. The van der Waals surface area contributed by atoms with Gasteiger partial charge in [0, 0.05) is 0 Å². The number of carbonyl (C=O) groups is 1. The third kappa shape index (κ3) is 4.57. The van der Waals surface area contributed by atoms with E-state index in [2.05, 4.69) is 53.5 Å². The second-order valence-corrected chi connectivity index (χ2v) is 21.9. The first-order valence-corrected chi connectivity index (χ1v) is 18.7. The van der Waals surface area contributed by atoms with Crippen molar-refractivity contribution in [2.45, 2.75) is 107 Å². The smallest absolute Gasteiger partial charge is 0.249 e. The van der Waals surface area contributed by atoms with E-state index in [1.165, 1.54) is 5.06 Å². The Balaban J connectivity index is 1.74. The molecule has 6 atom stereocenters. The molecule has 0 bridgehead atoms. The normalized spacial score (nSPS) is 35.1. The highest BCUT2D eigenvalue weighted by molar-refractivity contribution is 6.74. The van der Waals surface area contributed by atoms with Crippen molar-refractivity contribution in [1.82, 2.24) is 5.06 Å². The molecule has 2 saturated heterocycles. The number of hydrogen-bond donors (Lipinski definition) is 2. The van der Waals surface area contributed by atoms with Gasteiger partial charge in [0.05, 0.1) is 13.0 Å². The molecule has 196 valence electrons. The van der Waals surface area contributed by atoms with E-state index in [0.29, 0.717) is 0 Å². The van der Waals surface area contributed by atoms with Gasteiger partial charge < -0.3 is 23.8 Å². The number of β-lactam (4-membered cyclic amide) rings is 1. The van der Waals surface area contributed by atoms with E-state index in [-0.39, 0.29) is 24.0 Å². The molecular weight excluding hydrogens is 482 g/mol. The van der Waals surface area contributed by atoms with Crippen LogP contribution in [0.15, 0.2) is 30.3 Å². The standard InChI is InChI=1S/C25H41NO7Si2/c1-23(2,3)35(7,8)33-22-20(32-34(4,5)6)24(19-21(31-19)25(22,29)16-27)14-18(28)26(24)30-15-17-12-10-9-11-13-17/h9-13,19-22,27,29H,14-16H2,1-8H3/t19-,20-,21+,22+,24-,25+/m1/s1. The zero-order chi connectivity index (χ0) is 26.0. The summed E-state index contributed by atoms with van der Waals surface area (Å²) >= 11 is 0. The van der Waals surface area contributed by atoms with Crippen LogP contribution in [0.1, 0.15) is 32.8 Å². The molecule has 1 aromatic carbocycles. The highest BCUT2D eigenvalue weighted by atomic mass is 28.4.